The van der Waals surface area contributed by atoms with Crippen LogP contribution in [0.4, 0.5) is 0 Å². The number of likely N-dealkylation sites (tertiary alicyclic amines) is 1. The average Bonchev–Trinajstić information content (AvgIpc) is 3.20. The molecule has 2 amide bonds. The van der Waals surface area contributed by atoms with Crippen molar-refractivity contribution in [3.63, 3.8) is 0 Å². The van der Waals surface area contributed by atoms with Gasteiger partial charge in [-0.15, -0.1) is 12.4 Å². The number of rotatable bonds is 5. The molecule has 0 saturated carbocycles. The number of carbonyl (C=O) groups excluding carboxylic acids is 2. The summed E-state index contributed by atoms with van der Waals surface area (Å²) in [6.45, 7) is 2.75. The summed E-state index contributed by atoms with van der Waals surface area (Å²) in [4.78, 5) is 26.9. The molecule has 156 valence electrons. The van der Waals surface area contributed by atoms with E-state index in [1.165, 1.54) is 12.1 Å². The zero-order chi connectivity index (χ0) is 19.4. The molecule has 2 fully saturated rings. The zero-order valence-corrected chi connectivity index (χ0v) is 17.7. The van der Waals surface area contributed by atoms with E-state index < -0.39 is 9.84 Å². The van der Waals surface area contributed by atoms with E-state index in [-0.39, 0.29) is 41.1 Å². The largest absolute Gasteiger partial charge is 0.354 e. The van der Waals surface area contributed by atoms with Crippen LogP contribution in [0, 0.1) is 5.92 Å². The summed E-state index contributed by atoms with van der Waals surface area (Å²) in [7, 11) is -3.27. The molecule has 0 spiro atoms. The molecule has 2 unspecified atom stereocenters. The highest BCUT2D eigenvalue weighted by atomic mass is 35.5. The Morgan fingerprint density at radius 3 is 2.50 bits per heavy atom. The van der Waals surface area contributed by atoms with Crippen molar-refractivity contribution in [2.45, 2.75) is 36.6 Å². The van der Waals surface area contributed by atoms with Gasteiger partial charge in [0.15, 0.2) is 9.84 Å². The van der Waals surface area contributed by atoms with Gasteiger partial charge in [0.1, 0.15) is 0 Å². The molecular formula is C19H28ClN3O4S. The van der Waals surface area contributed by atoms with Crippen LogP contribution >= 0.6 is 12.4 Å². The molecule has 1 aromatic rings. The maximum Gasteiger partial charge on any atom is 0.253 e. The monoisotopic (exact) mass is 429 g/mol. The highest BCUT2D eigenvalue weighted by molar-refractivity contribution is 7.90. The maximum absolute atomic E-state index is 12.7. The predicted octanol–water partition coefficient (Wildman–Crippen LogP) is 1.23. The first-order valence-electron chi connectivity index (χ1n) is 9.45. The minimum atomic E-state index is -3.27. The van der Waals surface area contributed by atoms with Gasteiger partial charge < -0.3 is 15.5 Å². The molecule has 0 bridgehead atoms. The summed E-state index contributed by atoms with van der Waals surface area (Å²) in [5, 5.41) is 6.20. The smallest absolute Gasteiger partial charge is 0.253 e. The van der Waals surface area contributed by atoms with Crippen LogP contribution < -0.4 is 10.6 Å². The number of sulfone groups is 1. The van der Waals surface area contributed by atoms with Gasteiger partial charge >= 0.3 is 0 Å². The van der Waals surface area contributed by atoms with Gasteiger partial charge in [-0.25, -0.2) is 8.42 Å². The van der Waals surface area contributed by atoms with Gasteiger partial charge in [-0.05, 0) is 62.4 Å². The number of carbonyl (C=O) groups is 2. The van der Waals surface area contributed by atoms with Crippen LogP contribution in [0.25, 0.3) is 0 Å². The molecule has 7 nitrogen and oxygen atoms in total. The topological polar surface area (TPSA) is 95.6 Å². The first-order valence-corrected chi connectivity index (χ1v) is 11.3. The van der Waals surface area contributed by atoms with E-state index in [1.54, 1.807) is 17.0 Å². The fourth-order valence-electron chi connectivity index (χ4n) is 3.72. The molecule has 1 aromatic carbocycles. The number of hydrogen-bond acceptors (Lipinski definition) is 5. The van der Waals surface area contributed by atoms with Crippen molar-refractivity contribution in [1.29, 1.82) is 0 Å². The minimum absolute atomic E-state index is 0. The van der Waals surface area contributed by atoms with Crippen LogP contribution in [0.5, 0.6) is 0 Å². The lowest BCUT2D eigenvalue weighted by Crippen LogP contribution is -2.46. The number of halogens is 1. The fraction of sp³-hybridized carbons (Fsp3) is 0.579. The van der Waals surface area contributed by atoms with Gasteiger partial charge in [-0.3, -0.25) is 9.59 Å². The van der Waals surface area contributed by atoms with Gasteiger partial charge in [0.25, 0.3) is 5.91 Å². The number of hydrogen-bond donors (Lipinski definition) is 2. The van der Waals surface area contributed by atoms with Gasteiger partial charge in [0.2, 0.25) is 5.91 Å². The molecule has 2 saturated heterocycles. The maximum atomic E-state index is 12.7. The highest BCUT2D eigenvalue weighted by Crippen LogP contribution is 2.19. The van der Waals surface area contributed by atoms with E-state index in [9.17, 15) is 18.0 Å². The van der Waals surface area contributed by atoms with Crippen molar-refractivity contribution in [1.82, 2.24) is 15.5 Å². The molecule has 0 aliphatic carbocycles. The van der Waals surface area contributed by atoms with Gasteiger partial charge in [0, 0.05) is 31.5 Å². The Kier molecular flexibility index (Phi) is 7.86. The number of benzene rings is 1. The molecule has 2 aliphatic heterocycles. The molecule has 0 aromatic heterocycles. The zero-order valence-electron chi connectivity index (χ0n) is 16.0. The molecule has 2 aliphatic rings. The number of nitrogens with one attached hydrogen (secondary N) is 2. The second-order valence-corrected chi connectivity index (χ2v) is 9.47. The third kappa shape index (κ3) is 5.68. The SMILES string of the molecule is CS(=O)(=O)c1ccc(C(=O)N2CCCC(CNC(=O)C3CCCN3)C2)cc1.Cl. The van der Waals surface area contributed by atoms with Crippen molar-refractivity contribution >= 4 is 34.1 Å². The minimum Gasteiger partial charge on any atom is -0.354 e. The van der Waals surface area contributed by atoms with Crippen molar-refractivity contribution in [3.8, 4) is 0 Å². The number of nitrogens with zero attached hydrogens (tertiary/aromatic N) is 1. The lowest BCUT2D eigenvalue weighted by atomic mass is 9.97. The van der Waals surface area contributed by atoms with Crippen LogP contribution in [-0.2, 0) is 14.6 Å². The Morgan fingerprint density at radius 1 is 1.18 bits per heavy atom. The summed E-state index contributed by atoms with van der Waals surface area (Å²) in [5.41, 5.74) is 0.488. The summed E-state index contributed by atoms with van der Waals surface area (Å²) >= 11 is 0. The van der Waals surface area contributed by atoms with Gasteiger partial charge in [0.05, 0.1) is 10.9 Å². The van der Waals surface area contributed by atoms with Crippen LogP contribution in [0.1, 0.15) is 36.0 Å². The van der Waals surface area contributed by atoms with Crippen molar-refractivity contribution in [2.75, 3.05) is 32.4 Å². The van der Waals surface area contributed by atoms with Gasteiger partial charge in [-0.1, -0.05) is 0 Å². The lowest BCUT2D eigenvalue weighted by Gasteiger charge is -2.33. The molecule has 0 radical (unpaired) electrons. The molecule has 2 heterocycles. The van der Waals surface area contributed by atoms with Crippen LogP contribution in [0.2, 0.25) is 0 Å². The third-order valence-corrected chi connectivity index (χ3v) is 6.41. The van der Waals surface area contributed by atoms with E-state index >= 15 is 0 Å². The van der Waals surface area contributed by atoms with E-state index in [0.29, 0.717) is 25.2 Å². The number of piperidine rings is 1. The van der Waals surface area contributed by atoms with Gasteiger partial charge in [-0.2, -0.15) is 0 Å². The van der Waals surface area contributed by atoms with Crippen LogP contribution in [0.15, 0.2) is 29.2 Å². The third-order valence-electron chi connectivity index (χ3n) is 5.28. The summed E-state index contributed by atoms with van der Waals surface area (Å²) in [6.07, 6.45) is 4.94. The normalized spacial score (nSPS) is 22.4. The molecule has 9 heteroatoms. The quantitative estimate of drug-likeness (QED) is 0.734. The predicted molar refractivity (Wildman–Crippen MR) is 109 cm³/mol. The summed E-state index contributed by atoms with van der Waals surface area (Å²) < 4.78 is 23.1. The summed E-state index contributed by atoms with van der Waals surface area (Å²) in [5.74, 6) is 0.194. The molecular weight excluding hydrogens is 402 g/mol. The Bertz CT molecular complexity index is 792. The van der Waals surface area contributed by atoms with E-state index in [4.69, 9.17) is 0 Å². The molecule has 3 rings (SSSR count). The van der Waals surface area contributed by atoms with E-state index in [0.717, 1.165) is 38.5 Å². The van der Waals surface area contributed by atoms with Crippen LogP contribution in [-0.4, -0.2) is 63.6 Å². The highest BCUT2D eigenvalue weighted by Gasteiger charge is 2.27. The van der Waals surface area contributed by atoms with Crippen molar-refractivity contribution < 1.29 is 18.0 Å². The van der Waals surface area contributed by atoms with Crippen LogP contribution in [0.3, 0.4) is 0 Å². The Labute approximate surface area is 172 Å². The van der Waals surface area contributed by atoms with E-state index in [1.807, 2.05) is 0 Å². The average molecular weight is 430 g/mol. The Hall–Kier alpha value is -1.64. The van der Waals surface area contributed by atoms with Crippen molar-refractivity contribution in [3.05, 3.63) is 29.8 Å². The number of amides is 2. The molecule has 28 heavy (non-hydrogen) atoms. The standard InChI is InChI=1S/C19H27N3O4S.ClH/c1-27(25,26)16-8-6-15(7-9-16)19(24)22-11-3-4-14(13-22)12-21-18(23)17-5-2-10-20-17;/h6-9,14,17,20H,2-5,10-13H2,1H3,(H,21,23);1H. The lowest BCUT2D eigenvalue weighted by molar-refractivity contribution is -0.123. The molecule has 2 atom stereocenters. The Morgan fingerprint density at radius 2 is 1.89 bits per heavy atom. The second kappa shape index (κ2) is 9.71. The fourth-order valence-corrected chi connectivity index (χ4v) is 4.35. The summed E-state index contributed by atoms with van der Waals surface area (Å²) in [6, 6.07) is 5.99. The Balaban J connectivity index is 0.00000280. The molecule has 2 N–H and O–H groups in total. The van der Waals surface area contributed by atoms with E-state index in [2.05, 4.69) is 10.6 Å². The first kappa shape index (κ1) is 22.6. The first-order chi connectivity index (χ1) is 12.8. The second-order valence-electron chi connectivity index (χ2n) is 7.45. The van der Waals surface area contributed by atoms with Crippen molar-refractivity contribution in [2.24, 2.45) is 5.92 Å².